The molecule has 0 spiro atoms. The summed E-state index contributed by atoms with van der Waals surface area (Å²) >= 11 is 3.46. The molecule has 132 valence electrons. The van der Waals surface area contributed by atoms with Crippen molar-refractivity contribution < 1.29 is 9.47 Å². The minimum absolute atomic E-state index is 0.357. The monoisotopic (exact) mass is 403 g/mol. The number of guanidine groups is 1. The van der Waals surface area contributed by atoms with E-state index < -0.39 is 0 Å². The molecule has 0 amide bonds. The van der Waals surface area contributed by atoms with E-state index in [4.69, 9.17) is 15.2 Å². The molecule has 0 heterocycles. The smallest absolute Gasteiger partial charge is 0.189 e. The molecule has 2 aromatic rings. The summed E-state index contributed by atoms with van der Waals surface area (Å²) in [7, 11) is 3.24. The van der Waals surface area contributed by atoms with Gasteiger partial charge < -0.3 is 20.5 Å². The molecule has 1 fully saturated rings. The molecule has 25 heavy (non-hydrogen) atoms. The number of rotatable bonds is 6. The average Bonchev–Trinajstić information content (AvgIpc) is 3.39. The summed E-state index contributed by atoms with van der Waals surface area (Å²) < 4.78 is 11.6. The molecule has 0 saturated heterocycles. The summed E-state index contributed by atoms with van der Waals surface area (Å²) in [6.07, 6.45) is 1.08. The van der Waals surface area contributed by atoms with E-state index in [-0.39, 0.29) is 0 Å². The van der Waals surface area contributed by atoms with Gasteiger partial charge in [-0.25, -0.2) is 4.99 Å². The maximum absolute atomic E-state index is 6.03. The minimum atomic E-state index is 0.357. The zero-order valence-electron chi connectivity index (χ0n) is 14.3. The summed E-state index contributed by atoms with van der Waals surface area (Å²) in [5.74, 6) is 2.37. The second kappa shape index (κ2) is 7.78. The van der Waals surface area contributed by atoms with Gasteiger partial charge >= 0.3 is 0 Å². The van der Waals surface area contributed by atoms with Crippen molar-refractivity contribution in [3.63, 3.8) is 0 Å². The maximum Gasteiger partial charge on any atom is 0.189 e. The highest BCUT2D eigenvalue weighted by Crippen LogP contribution is 2.40. The van der Waals surface area contributed by atoms with Crippen LogP contribution in [0.2, 0.25) is 0 Å². The number of halogens is 1. The minimum Gasteiger partial charge on any atom is -0.493 e. The molecule has 1 aliphatic rings. The van der Waals surface area contributed by atoms with E-state index in [9.17, 15) is 0 Å². The van der Waals surface area contributed by atoms with Crippen molar-refractivity contribution in [3.8, 4) is 11.5 Å². The lowest BCUT2D eigenvalue weighted by atomic mass is 10.1. The highest BCUT2D eigenvalue weighted by atomic mass is 79.9. The summed E-state index contributed by atoms with van der Waals surface area (Å²) in [5.41, 5.74) is 8.37. The predicted octanol–water partition coefficient (Wildman–Crippen LogP) is 3.43. The van der Waals surface area contributed by atoms with Crippen LogP contribution in [0.5, 0.6) is 11.5 Å². The SMILES string of the molecule is COc1ccc(CN=C(N)NC2CC2c2ccc(Br)cc2)cc1OC. The Morgan fingerprint density at radius 2 is 1.88 bits per heavy atom. The highest BCUT2D eigenvalue weighted by Gasteiger charge is 2.38. The summed E-state index contributed by atoms with van der Waals surface area (Å²) in [4.78, 5) is 4.43. The number of nitrogens with zero attached hydrogens (tertiary/aromatic N) is 1. The van der Waals surface area contributed by atoms with E-state index >= 15 is 0 Å². The van der Waals surface area contributed by atoms with Gasteiger partial charge in [0, 0.05) is 16.4 Å². The van der Waals surface area contributed by atoms with Gasteiger partial charge in [0.2, 0.25) is 0 Å². The van der Waals surface area contributed by atoms with E-state index in [1.54, 1.807) is 14.2 Å². The topological polar surface area (TPSA) is 68.9 Å². The highest BCUT2D eigenvalue weighted by molar-refractivity contribution is 9.10. The molecule has 3 N–H and O–H groups in total. The lowest BCUT2D eigenvalue weighted by molar-refractivity contribution is 0.354. The zero-order valence-corrected chi connectivity index (χ0v) is 15.9. The maximum atomic E-state index is 6.03. The van der Waals surface area contributed by atoms with Crippen molar-refractivity contribution in [2.75, 3.05) is 14.2 Å². The average molecular weight is 404 g/mol. The van der Waals surface area contributed by atoms with Crippen molar-refractivity contribution in [2.24, 2.45) is 10.7 Å². The van der Waals surface area contributed by atoms with Gasteiger partial charge in [-0.15, -0.1) is 0 Å². The van der Waals surface area contributed by atoms with Gasteiger partial charge in [-0.3, -0.25) is 0 Å². The van der Waals surface area contributed by atoms with E-state index in [0.29, 0.717) is 36.0 Å². The predicted molar refractivity (Wildman–Crippen MR) is 103 cm³/mol. The normalized spacial score (nSPS) is 19.4. The first-order chi connectivity index (χ1) is 12.1. The molecule has 1 aliphatic carbocycles. The molecule has 1 saturated carbocycles. The van der Waals surface area contributed by atoms with Crippen molar-refractivity contribution in [1.29, 1.82) is 0 Å². The number of aliphatic imine (C=N–C) groups is 1. The first-order valence-electron chi connectivity index (χ1n) is 8.13. The van der Waals surface area contributed by atoms with Gasteiger partial charge in [-0.1, -0.05) is 34.1 Å². The fraction of sp³-hybridized carbons (Fsp3) is 0.316. The fourth-order valence-electron chi connectivity index (χ4n) is 2.82. The van der Waals surface area contributed by atoms with Crippen molar-refractivity contribution >= 4 is 21.9 Å². The Hall–Kier alpha value is -2.21. The van der Waals surface area contributed by atoms with Crippen LogP contribution < -0.4 is 20.5 Å². The van der Waals surface area contributed by atoms with Crippen LogP contribution >= 0.6 is 15.9 Å². The number of methoxy groups -OCH3 is 2. The van der Waals surface area contributed by atoms with Crippen LogP contribution in [0.4, 0.5) is 0 Å². The van der Waals surface area contributed by atoms with Crippen LogP contribution in [0.25, 0.3) is 0 Å². The Labute approximate surface area is 156 Å². The Balaban J connectivity index is 1.55. The number of ether oxygens (including phenoxy) is 2. The molecule has 0 aliphatic heterocycles. The van der Waals surface area contributed by atoms with Crippen LogP contribution in [0, 0.1) is 0 Å². The molecule has 0 aromatic heterocycles. The standard InChI is InChI=1S/C19H22BrN3O2/c1-24-17-8-3-12(9-18(17)25-2)11-22-19(21)23-16-10-15(16)13-4-6-14(20)7-5-13/h3-9,15-16H,10-11H2,1-2H3,(H3,21,22,23). The Kier molecular flexibility index (Phi) is 5.48. The molecule has 6 heteroatoms. The lowest BCUT2D eigenvalue weighted by Crippen LogP contribution is -2.34. The first kappa shape index (κ1) is 17.6. The van der Waals surface area contributed by atoms with E-state index in [1.807, 2.05) is 18.2 Å². The van der Waals surface area contributed by atoms with Crippen LogP contribution in [-0.2, 0) is 6.54 Å². The van der Waals surface area contributed by atoms with Crippen LogP contribution in [0.1, 0.15) is 23.5 Å². The largest absolute Gasteiger partial charge is 0.493 e. The second-order valence-electron chi connectivity index (χ2n) is 6.04. The number of hydrogen-bond donors (Lipinski definition) is 2. The third-order valence-corrected chi connectivity index (χ3v) is 4.83. The van der Waals surface area contributed by atoms with Gasteiger partial charge in [0.25, 0.3) is 0 Å². The lowest BCUT2D eigenvalue weighted by Gasteiger charge is -2.09. The number of benzene rings is 2. The van der Waals surface area contributed by atoms with Gasteiger partial charge in [0.15, 0.2) is 17.5 Å². The Morgan fingerprint density at radius 1 is 1.16 bits per heavy atom. The number of hydrogen-bond acceptors (Lipinski definition) is 3. The molecule has 0 radical (unpaired) electrons. The Bertz CT molecular complexity index is 762. The molecular formula is C19H22BrN3O2. The van der Waals surface area contributed by atoms with Crippen molar-refractivity contribution in [2.45, 2.75) is 24.9 Å². The molecular weight excluding hydrogens is 382 g/mol. The third kappa shape index (κ3) is 4.45. The van der Waals surface area contributed by atoms with Gasteiger partial charge in [-0.2, -0.15) is 0 Å². The molecule has 0 bridgehead atoms. The molecule has 2 aromatic carbocycles. The zero-order chi connectivity index (χ0) is 17.8. The van der Waals surface area contributed by atoms with E-state index in [2.05, 4.69) is 50.5 Å². The molecule has 2 atom stereocenters. The third-order valence-electron chi connectivity index (χ3n) is 4.30. The quantitative estimate of drug-likeness (QED) is 0.572. The van der Waals surface area contributed by atoms with E-state index in [0.717, 1.165) is 16.5 Å². The van der Waals surface area contributed by atoms with E-state index in [1.165, 1.54) is 5.56 Å². The number of nitrogens with two attached hydrogens (primary N) is 1. The molecule has 5 nitrogen and oxygen atoms in total. The Morgan fingerprint density at radius 3 is 2.56 bits per heavy atom. The summed E-state index contributed by atoms with van der Waals surface area (Å²) in [6.45, 7) is 0.495. The van der Waals surface area contributed by atoms with Crippen LogP contribution in [-0.4, -0.2) is 26.2 Å². The summed E-state index contributed by atoms with van der Waals surface area (Å²) in [5, 5.41) is 3.30. The summed E-state index contributed by atoms with van der Waals surface area (Å²) in [6, 6.07) is 14.5. The second-order valence-corrected chi connectivity index (χ2v) is 6.95. The first-order valence-corrected chi connectivity index (χ1v) is 8.93. The number of nitrogens with one attached hydrogen (secondary N) is 1. The van der Waals surface area contributed by atoms with Crippen LogP contribution in [0.3, 0.4) is 0 Å². The molecule has 2 unspecified atom stereocenters. The van der Waals surface area contributed by atoms with Gasteiger partial charge in [0.05, 0.1) is 20.8 Å². The van der Waals surface area contributed by atoms with Crippen molar-refractivity contribution in [3.05, 3.63) is 58.1 Å². The molecule has 3 rings (SSSR count). The van der Waals surface area contributed by atoms with Crippen LogP contribution in [0.15, 0.2) is 51.9 Å². The fourth-order valence-corrected chi connectivity index (χ4v) is 3.09. The van der Waals surface area contributed by atoms with Gasteiger partial charge in [-0.05, 0) is 41.8 Å². The van der Waals surface area contributed by atoms with Gasteiger partial charge in [0.1, 0.15) is 0 Å². The van der Waals surface area contributed by atoms with Crippen molar-refractivity contribution in [1.82, 2.24) is 5.32 Å².